The van der Waals surface area contributed by atoms with Gasteiger partial charge in [-0.1, -0.05) is 49.4 Å². The van der Waals surface area contributed by atoms with Crippen LogP contribution >= 0.6 is 7.14 Å². The summed E-state index contributed by atoms with van der Waals surface area (Å²) < 4.78 is 13.1. The second kappa shape index (κ2) is 7.58. The van der Waals surface area contributed by atoms with Crippen molar-refractivity contribution in [3.63, 3.8) is 0 Å². The predicted molar refractivity (Wildman–Crippen MR) is 105 cm³/mol. The molecule has 0 N–H and O–H groups in total. The lowest BCUT2D eigenvalue weighted by Crippen LogP contribution is -2.35. The Hall–Kier alpha value is -1.86. The molecule has 1 atom stereocenters. The van der Waals surface area contributed by atoms with Crippen LogP contribution in [-0.2, 0) is 28.1 Å². The van der Waals surface area contributed by atoms with Crippen LogP contribution in [0.25, 0.3) is 0 Å². The van der Waals surface area contributed by atoms with Crippen molar-refractivity contribution in [3.05, 3.63) is 65.2 Å². The molecule has 0 saturated heterocycles. The van der Waals surface area contributed by atoms with Crippen LogP contribution in [0.15, 0.2) is 48.5 Å². The van der Waals surface area contributed by atoms with Crippen molar-refractivity contribution in [2.75, 3.05) is 18.1 Å². The number of hydrogen-bond acceptors (Lipinski definition) is 2. The van der Waals surface area contributed by atoms with Crippen molar-refractivity contribution >= 4 is 18.7 Å². The number of amides is 1. The van der Waals surface area contributed by atoms with Gasteiger partial charge in [-0.25, -0.2) is 0 Å². The lowest BCUT2D eigenvalue weighted by atomic mass is 9.99. The summed E-state index contributed by atoms with van der Waals surface area (Å²) >= 11 is 0. The highest BCUT2D eigenvalue weighted by molar-refractivity contribution is 7.61. The number of hydrogen-bond donors (Lipinski definition) is 0. The number of nitrogens with zero attached hydrogens (tertiary/aromatic N) is 1. The van der Waals surface area contributed by atoms with Gasteiger partial charge >= 0.3 is 0 Å². The van der Waals surface area contributed by atoms with Gasteiger partial charge in [-0.15, -0.1) is 0 Å². The first-order valence-corrected chi connectivity index (χ1v) is 11.5. The summed E-state index contributed by atoms with van der Waals surface area (Å²) in [5.74, 6) is 0.215. The minimum Gasteiger partial charge on any atom is -0.323 e. The Bertz CT molecular complexity index is 801. The Kier molecular flexibility index (Phi) is 5.44. The van der Waals surface area contributed by atoms with E-state index in [0.717, 1.165) is 36.2 Å². The van der Waals surface area contributed by atoms with Crippen molar-refractivity contribution in [1.82, 2.24) is 0 Å². The zero-order valence-electron chi connectivity index (χ0n) is 15.1. The van der Waals surface area contributed by atoms with Crippen LogP contribution in [-0.4, -0.2) is 19.1 Å². The topological polar surface area (TPSA) is 37.4 Å². The number of benzene rings is 2. The standard InChI is InChI=1S/C21H26NO2P/c1-3-13-22-20-11-9-18(14-19(20)10-12-21(22)23)16-25(2,24)15-17-7-5-4-6-8-17/h4-9,11,14H,3,10,12-13,15-16H2,1-2H3. The molecule has 1 aliphatic heterocycles. The molecule has 2 aromatic rings. The van der Waals surface area contributed by atoms with Gasteiger partial charge in [0.1, 0.15) is 0 Å². The zero-order chi connectivity index (χ0) is 17.9. The van der Waals surface area contributed by atoms with Gasteiger partial charge in [0.2, 0.25) is 5.91 Å². The summed E-state index contributed by atoms with van der Waals surface area (Å²) in [6.45, 7) is 4.75. The molecule has 0 aromatic heterocycles. The van der Waals surface area contributed by atoms with Crippen LogP contribution in [0.2, 0.25) is 0 Å². The first-order valence-electron chi connectivity index (χ1n) is 9.00. The Morgan fingerprint density at radius 3 is 2.44 bits per heavy atom. The third kappa shape index (κ3) is 4.41. The highest BCUT2D eigenvalue weighted by atomic mass is 31.2. The van der Waals surface area contributed by atoms with E-state index in [2.05, 4.69) is 13.0 Å². The Labute approximate surface area is 150 Å². The minimum atomic E-state index is -2.29. The molecule has 0 bridgehead atoms. The summed E-state index contributed by atoms with van der Waals surface area (Å²) in [5.41, 5.74) is 4.50. The van der Waals surface area contributed by atoms with E-state index in [1.807, 2.05) is 54.0 Å². The monoisotopic (exact) mass is 355 g/mol. The van der Waals surface area contributed by atoms with E-state index in [4.69, 9.17) is 0 Å². The molecule has 2 aromatic carbocycles. The Morgan fingerprint density at radius 1 is 1.00 bits per heavy atom. The van der Waals surface area contributed by atoms with Gasteiger partial charge in [-0.05, 0) is 42.3 Å². The van der Waals surface area contributed by atoms with Crippen LogP contribution in [0.1, 0.15) is 36.5 Å². The third-order valence-corrected chi connectivity index (χ3v) is 6.74. The van der Waals surface area contributed by atoms with E-state index in [1.54, 1.807) is 0 Å². The fourth-order valence-electron chi connectivity index (χ4n) is 3.59. The molecule has 0 fully saturated rings. The van der Waals surface area contributed by atoms with Gasteiger partial charge in [-0.2, -0.15) is 0 Å². The quantitative estimate of drug-likeness (QED) is 0.679. The van der Waals surface area contributed by atoms with E-state index < -0.39 is 7.14 Å². The van der Waals surface area contributed by atoms with E-state index in [1.165, 1.54) is 5.56 Å². The molecule has 0 spiro atoms. The summed E-state index contributed by atoms with van der Waals surface area (Å²) in [7, 11) is -2.29. The molecule has 1 unspecified atom stereocenters. The molecule has 0 radical (unpaired) electrons. The molecule has 4 heteroatoms. The summed E-state index contributed by atoms with van der Waals surface area (Å²) in [6, 6.07) is 16.3. The molecule has 3 nitrogen and oxygen atoms in total. The molecular weight excluding hydrogens is 329 g/mol. The molecule has 0 saturated carbocycles. The van der Waals surface area contributed by atoms with E-state index in [0.29, 0.717) is 18.7 Å². The van der Waals surface area contributed by atoms with Crippen LogP contribution in [0.3, 0.4) is 0 Å². The van der Waals surface area contributed by atoms with E-state index in [-0.39, 0.29) is 5.91 Å². The molecule has 132 valence electrons. The van der Waals surface area contributed by atoms with Gasteiger partial charge in [0.05, 0.1) is 7.14 Å². The van der Waals surface area contributed by atoms with Gasteiger partial charge in [-0.3, -0.25) is 4.79 Å². The highest BCUT2D eigenvalue weighted by Crippen LogP contribution is 2.48. The molecule has 1 heterocycles. The average Bonchev–Trinajstić information content (AvgIpc) is 2.57. The summed E-state index contributed by atoms with van der Waals surface area (Å²) in [4.78, 5) is 14.0. The molecular formula is C21H26NO2P. The van der Waals surface area contributed by atoms with E-state index >= 15 is 0 Å². The first-order chi connectivity index (χ1) is 12.0. The fraction of sp³-hybridized carbons (Fsp3) is 0.381. The smallest absolute Gasteiger partial charge is 0.227 e. The third-order valence-electron chi connectivity index (χ3n) is 4.67. The zero-order valence-corrected chi connectivity index (χ0v) is 16.0. The molecule has 1 amide bonds. The van der Waals surface area contributed by atoms with Gasteiger partial charge in [0, 0.05) is 31.0 Å². The molecule has 25 heavy (non-hydrogen) atoms. The molecule has 3 rings (SSSR count). The van der Waals surface area contributed by atoms with Gasteiger partial charge in [0.25, 0.3) is 0 Å². The van der Waals surface area contributed by atoms with E-state index in [9.17, 15) is 9.36 Å². The van der Waals surface area contributed by atoms with Crippen molar-refractivity contribution in [2.24, 2.45) is 0 Å². The van der Waals surface area contributed by atoms with Crippen molar-refractivity contribution in [2.45, 2.75) is 38.5 Å². The summed E-state index contributed by atoms with van der Waals surface area (Å²) in [6.07, 6.45) is 3.55. The maximum atomic E-state index is 13.1. The Balaban J connectivity index is 1.78. The number of carbonyl (C=O) groups excluding carboxylic acids is 1. The van der Waals surface area contributed by atoms with Gasteiger partial charge < -0.3 is 9.46 Å². The maximum Gasteiger partial charge on any atom is 0.227 e. The number of anilines is 1. The average molecular weight is 355 g/mol. The van der Waals surface area contributed by atoms with Crippen LogP contribution in [0, 0.1) is 0 Å². The number of fused-ring (bicyclic) bond motifs is 1. The SMILES string of the molecule is CCCN1C(=O)CCc2cc(CP(C)(=O)Cc3ccccc3)ccc21. The minimum absolute atomic E-state index is 0.215. The van der Waals surface area contributed by atoms with Crippen LogP contribution < -0.4 is 4.90 Å². The van der Waals surface area contributed by atoms with Gasteiger partial charge in [0.15, 0.2) is 0 Å². The normalized spacial score (nSPS) is 16.4. The second-order valence-electron chi connectivity index (χ2n) is 7.11. The largest absolute Gasteiger partial charge is 0.323 e. The molecule has 0 aliphatic carbocycles. The highest BCUT2D eigenvalue weighted by Gasteiger charge is 2.24. The fourth-order valence-corrected chi connectivity index (χ4v) is 5.66. The second-order valence-corrected chi connectivity index (χ2v) is 10.3. The predicted octanol–water partition coefficient (Wildman–Crippen LogP) is 5.07. The van der Waals surface area contributed by atoms with Crippen LogP contribution in [0.5, 0.6) is 0 Å². The van der Waals surface area contributed by atoms with Crippen molar-refractivity contribution < 1.29 is 9.36 Å². The van der Waals surface area contributed by atoms with Crippen LogP contribution in [0.4, 0.5) is 5.69 Å². The summed E-state index contributed by atoms with van der Waals surface area (Å²) in [5, 5.41) is 0. The number of rotatable bonds is 6. The number of carbonyl (C=O) groups is 1. The van der Waals surface area contributed by atoms with Crippen molar-refractivity contribution in [1.29, 1.82) is 0 Å². The number of aryl methyl sites for hydroxylation is 1. The first kappa shape index (κ1) is 17.9. The Morgan fingerprint density at radius 2 is 1.72 bits per heavy atom. The lowest BCUT2D eigenvalue weighted by molar-refractivity contribution is -0.118. The maximum absolute atomic E-state index is 13.1. The molecule has 1 aliphatic rings. The lowest BCUT2D eigenvalue weighted by Gasteiger charge is -2.29. The van der Waals surface area contributed by atoms with Crippen molar-refractivity contribution in [3.8, 4) is 0 Å².